The molecule has 0 radical (unpaired) electrons. The van der Waals surface area contributed by atoms with Crippen LogP contribution in [0.4, 0.5) is 0 Å². The Balaban J connectivity index is 2.89. The van der Waals surface area contributed by atoms with Gasteiger partial charge >= 0.3 is 0 Å². The Morgan fingerprint density at radius 1 is 1.53 bits per heavy atom. The van der Waals surface area contributed by atoms with Crippen LogP contribution in [0.2, 0.25) is 0 Å². The molecule has 1 amide bonds. The number of carbonyl (C=O) groups is 1. The summed E-state index contributed by atoms with van der Waals surface area (Å²) in [5.74, 6) is -0.00796. The van der Waals surface area contributed by atoms with Crippen molar-refractivity contribution in [1.29, 1.82) is 0 Å². The van der Waals surface area contributed by atoms with E-state index in [2.05, 4.69) is 12.1 Å². The Hall–Kier alpha value is -1.26. The fourth-order valence-electron chi connectivity index (χ4n) is 1.95. The molecule has 5 heteroatoms. The zero-order valence-corrected chi connectivity index (χ0v) is 10.9. The highest BCUT2D eigenvalue weighted by Gasteiger charge is 2.43. The topological polar surface area (TPSA) is 78.9 Å². The summed E-state index contributed by atoms with van der Waals surface area (Å²) in [6.07, 6.45) is 3.61. The van der Waals surface area contributed by atoms with Crippen LogP contribution >= 0.6 is 0 Å². The second kappa shape index (κ2) is 5.38. The Morgan fingerprint density at radius 3 is 2.47 bits per heavy atom. The van der Waals surface area contributed by atoms with Gasteiger partial charge in [-0.25, -0.2) is 0 Å². The van der Waals surface area contributed by atoms with E-state index in [0.717, 1.165) is 25.8 Å². The van der Waals surface area contributed by atoms with Crippen LogP contribution in [0.1, 0.15) is 46.5 Å². The highest BCUT2D eigenvalue weighted by atomic mass is 16.4. The first-order valence-corrected chi connectivity index (χ1v) is 6.30. The Morgan fingerprint density at radius 2 is 2.12 bits per heavy atom. The molecule has 1 fully saturated rings. The summed E-state index contributed by atoms with van der Waals surface area (Å²) in [6.45, 7) is 6.43. The second-order valence-corrected chi connectivity index (χ2v) is 4.90. The lowest BCUT2D eigenvalue weighted by atomic mass is 9.84. The van der Waals surface area contributed by atoms with Crippen LogP contribution in [-0.4, -0.2) is 34.4 Å². The van der Waals surface area contributed by atoms with Gasteiger partial charge in [0.15, 0.2) is 5.84 Å². The van der Waals surface area contributed by atoms with Gasteiger partial charge in [-0.1, -0.05) is 19.0 Å². The fraction of sp³-hybridized carbons (Fsp3) is 0.833. The number of rotatable bonds is 6. The van der Waals surface area contributed by atoms with Crippen molar-refractivity contribution >= 4 is 11.7 Å². The number of nitrogens with two attached hydrogens (primary N) is 1. The predicted octanol–water partition coefficient (Wildman–Crippen LogP) is 1.55. The van der Waals surface area contributed by atoms with Crippen molar-refractivity contribution < 1.29 is 10.0 Å². The summed E-state index contributed by atoms with van der Waals surface area (Å²) < 4.78 is 0. The average Bonchev–Trinajstić information content (AvgIpc) is 3.17. The minimum atomic E-state index is -0.882. The van der Waals surface area contributed by atoms with Crippen LogP contribution < -0.4 is 5.73 Å². The van der Waals surface area contributed by atoms with Gasteiger partial charge in [0.2, 0.25) is 5.91 Å². The monoisotopic (exact) mass is 241 g/mol. The SMILES string of the molecule is CCCN(C(=O)C(C)(CC)C(N)=NO)C1CC1. The van der Waals surface area contributed by atoms with Gasteiger partial charge in [-0.2, -0.15) is 0 Å². The molecule has 5 nitrogen and oxygen atoms in total. The summed E-state index contributed by atoms with van der Waals surface area (Å²) in [5, 5.41) is 11.8. The molecule has 0 saturated heterocycles. The van der Waals surface area contributed by atoms with Gasteiger partial charge in [-0.15, -0.1) is 0 Å². The predicted molar refractivity (Wildman–Crippen MR) is 66.8 cm³/mol. The first-order valence-electron chi connectivity index (χ1n) is 6.30. The number of hydrogen-bond acceptors (Lipinski definition) is 3. The maximum absolute atomic E-state index is 12.5. The summed E-state index contributed by atoms with van der Waals surface area (Å²) in [6, 6.07) is 0.361. The van der Waals surface area contributed by atoms with Crippen molar-refractivity contribution in [1.82, 2.24) is 4.90 Å². The van der Waals surface area contributed by atoms with E-state index in [1.807, 2.05) is 11.8 Å². The molecule has 0 bridgehead atoms. The van der Waals surface area contributed by atoms with E-state index in [1.165, 1.54) is 0 Å². The lowest BCUT2D eigenvalue weighted by Crippen LogP contribution is -2.50. The van der Waals surface area contributed by atoms with E-state index >= 15 is 0 Å². The highest BCUT2D eigenvalue weighted by molar-refractivity contribution is 6.06. The number of nitrogens with zero attached hydrogens (tertiary/aromatic N) is 2. The van der Waals surface area contributed by atoms with Crippen LogP contribution in [0.15, 0.2) is 5.16 Å². The first-order chi connectivity index (χ1) is 8.01. The van der Waals surface area contributed by atoms with Crippen molar-refractivity contribution in [3.05, 3.63) is 0 Å². The Labute approximate surface area is 103 Å². The third-order valence-electron chi connectivity index (χ3n) is 3.57. The Bertz CT molecular complexity index is 313. The van der Waals surface area contributed by atoms with E-state index in [0.29, 0.717) is 12.5 Å². The number of amidine groups is 1. The van der Waals surface area contributed by atoms with Gasteiger partial charge in [0, 0.05) is 12.6 Å². The molecule has 1 rings (SSSR count). The molecule has 1 atom stereocenters. The normalized spacial score (nSPS) is 19.8. The van der Waals surface area contributed by atoms with Crippen LogP contribution in [0, 0.1) is 5.41 Å². The molecule has 0 heterocycles. The molecule has 0 aliphatic heterocycles. The molecule has 0 aromatic rings. The van der Waals surface area contributed by atoms with Gasteiger partial charge in [-0.3, -0.25) is 4.79 Å². The van der Waals surface area contributed by atoms with Crippen molar-refractivity contribution in [3.8, 4) is 0 Å². The number of hydrogen-bond donors (Lipinski definition) is 2. The number of amides is 1. The zero-order chi connectivity index (χ0) is 13.1. The molecular formula is C12H23N3O2. The van der Waals surface area contributed by atoms with Crippen molar-refractivity contribution in [3.63, 3.8) is 0 Å². The van der Waals surface area contributed by atoms with E-state index < -0.39 is 5.41 Å². The van der Waals surface area contributed by atoms with Crippen molar-refractivity contribution in [2.45, 2.75) is 52.5 Å². The molecule has 0 aromatic carbocycles. The highest BCUT2D eigenvalue weighted by Crippen LogP contribution is 2.33. The van der Waals surface area contributed by atoms with Gasteiger partial charge in [0.25, 0.3) is 0 Å². The summed E-state index contributed by atoms with van der Waals surface area (Å²) in [4.78, 5) is 14.4. The van der Waals surface area contributed by atoms with Crippen molar-refractivity contribution in [2.24, 2.45) is 16.3 Å². The Kier molecular flexibility index (Phi) is 4.37. The van der Waals surface area contributed by atoms with Gasteiger partial charge in [0.05, 0.1) is 0 Å². The molecule has 3 N–H and O–H groups in total. The summed E-state index contributed by atoms with van der Waals surface area (Å²) >= 11 is 0. The van der Waals surface area contributed by atoms with E-state index in [9.17, 15) is 4.79 Å². The minimum absolute atomic E-state index is 0.00625. The summed E-state index contributed by atoms with van der Waals surface area (Å²) in [7, 11) is 0. The van der Waals surface area contributed by atoms with E-state index in [4.69, 9.17) is 10.9 Å². The zero-order valence-electron chi connectivity index (χ0n) is 10.9. The van der Waals surface area contributed by atoms with E-state index in [1.54, 1.807) is 6.92 Å². The van der Waals surface area contributed by atoms with Crippen LogP contribution in [0.25, 0.3) is 0 Å². The largest absolute Gasteiger partial charge is 0.409 e. The van der Waals surface area contributed by atoms with Crippen LogP contribution in [0.3, 0.4) is 0 Å². The van der Waals surface area contributed by atoms with Crippen LogP contribution in [-0.2, 0) is 4.79 Å². The quantitative estimate of drug-likeness (QED) is 0.320. The fourth-order valence-corrected chi connectivity index (χ4v) is 1.95. The molecular weight excluding hydrogens is 218 g/mol. The molecule has 1 saturated carbocycles. The van der Waals surface area contributed by atoms with Gasteiger partial charge in [0.1, 0.15) is 5.41 Å². The second-order valence-electron chi connectivity index (χ2n) is 4.90. The third-order valence-corrected chi connectivity index (χ3v) is 3.57. The molecule has 17 heavy (non-hydrogen) atoms. The summed E-state index contributed by atoms with van der Waals surface area (Å²) in [5.41, 5.74) is 4.79. The number of oxime groups is 1. The number of carbonyl (C=O) groups excluding carboxylic acids is 1. The maximum Gasteiger partial charge on any atom is 0.236 e. The first kappa shape index (κ1) is 13.8. The lowest BCUT2D eigenvalue weighted by molar-refractivity contribution is -0.138. The molecule has 0 spiro atoms. The lowest BCUT2D eigenvalue weighted by Gasteiger charge is -2.33. The van der Waals surface area contributed by atoms with Crippen molar-refractivity contribution in [2.75, 3.05) is 6.54 Å². The molecule has 98 valence electrons. The van der Waals surface area contributed by atoms with E-state index in [-0.39, 0.29) is 11.7 Å². The standard InChI is InChI=1S/C12H23N3O2/c1-4-8-15(9-6-7-9)11(16)12(3,5-2)10(13)14-17/h9,17H,4-8H2,1-3H3,(H2,13,14). The van der Waals surface area contributed by atoms with Gasteiger partial charge in [-0.05, 0) is 32.6 Å². The molecule has 1 aliphatic carbocycles. The maximum atomic E-state index is 12.5. The average molecular weight is 241 g/mol. The molecule has 1 unspecified atom stereocenters. The van der Waals surface area contributed by atoms with Gasteiger partial charge < -0.3 is 15.8 Å². The minimum Gasteiger partial charge on any atom is -0.409 e. The molecule has 0 aromatic heterocycles. The smallest absolute Gasteiger partial charge is 0.236 e. The third kappa shape index (κ3) is 2.70. The molecule has 1 aliphatic rings. The van der Waals surface area contributed by atoms with Crippen LogP contribution in [0.5, 0.6) is 0 Å².